The van der Waals surface area contributed by atoms with Gasteiger partial charge >= 0.3 is 0 Å². The Morgan fingerprint density at radius 1 is 1.43 bits per heavy atom. The molecule has 2 atom stereocenters. The lowest BCUT2D eigenvalue weighted by Crippen LogP contribution is -2.22. The van der Waals surface area contributed by atoms with Gasteiger partial charge in [-0.15, -0.1) is 0 Å². The van der Waals surface area contributed by atoms with Crippen LogP contribution in [0.1, 0.15) is 26.2 Å². The molecule has 4 nitrogen and oxygen atoms in total. The summed E-state index contributed by atoms with van der Waals surface area (Å²) in [5, 5.41) is 0. The van der Waals surface area contributed by atoms with Crippen molar-refractivity contribution in [1.82, 2.24) is 0 Å². The lowest BCUT2D eigenvalue weighted by molar-refractivity contribution is 0.502. The summed E-state index contributed by atoms with van der Waals surface area (Å²) in [5.41, 5.74) is 1.18. The highest BCUT2D eigenvalue weighted by atomic mass is 16.1. The Morgan fingerprint density at radius 3 is 2.86 bits per heavy atom. The molecule has 0 aromatic rings. The number of fused-ring (bicyclic) bond motifs is 2. The first-order chi connectivity index (χ1) is 6.73. The zero-order valence-electron chi connectivity index (χ0n) is 7.91. The Hall–Kier alpha value is -1.50. The minimum atomic E-state index is -0.548. The summed E-state index contributed by atoms with van der Waals surface area (Å²) in [6.07, 6.45) is 5.74. The fourth-order valence-corrected chi connectivity index (χ4v) is 2.65. The fourth-order valence-electron chi connectivity index (χ4n) is 2.65. The number of hydrogen-bond acceptors (Lipinski definition) is 4. The van der Waals surface area contributed by atoms with Crippen molar-refractivity contribution in [3.8, 4) is 0 Å². The molecule has 2 unspecified atom stereocenters. The van der Waals surface area contributed by atoms with Crippen LogP contribution in [0.2, 0.25) is 0 Å². The third-order valence-electron chi connectivity index (χ3n) is 3.33. The zero-order chi connectivity index (χ0) is 10.2. The van der Waals surface area contributed by atoms with Crippen LogP contribution < -0.4 is 0 Å². The molecule has 0 aromatic heterocycles. The molecule has 1 saturated carbocycles. The second kappa shape index (κ2) is 3.02. The van der Waals surface area contributed by atoms with Gasteiger partial charge in [-0.3, -0.25) is 0 Å². The molecule has 0 N–H and O–H groups in total. The maximum Gasteiger partial charge on any atom is 0.240 e. The average molecular weight is 190 g/mol. The molecule has 0 radical (unpaired) electrons. The predicted molar refractivity (Wildman–Crippen MR) is 49.0 cm³/mol. The highest BCUT2D eigenvalue weighted by Gasteiger charge is 2.50. The van der Waals surface area contributed by atoms with Crippen LogP contribution >= 0.6 is 0 Å². The van der Waals surface area contributed by atoms with Crippen LogP contribution in [-0.4, -0.2) is 17.7 Å². The molecule has 2 aliphatic carbocycles. The molecule has 0 aromatic carbocycles. The maximum absolute atomic E-state index is 10.3. The molecule has 2 bridgehead atoms. The van der Waals surface area contributed by atoms with E-state index in [0.717, 1.165) is 24.8 Å². The van der Waals surface area contributed by atoms with Crippen LogP contribution in [0.5, 0.6) is 0 Å². The van der Waals surface area contributed by atoms with Gasteiger partial charge in [-0.25, -0.2) is 9.59 Å². The number of rotatable bonds is 2. The maximum atomic E-state index is 10.3. The first-order valence-corrected chi connectivity index (χ1v) is 4.61. The summed E-state index contributed by atoms with van der Waals surface area (Å²) in [5.74, 6) is 0.430. The largest absolute Gasteiger partial charge is 0.240 e. The van der Waals surface area contributed by atoms with Crippen molar-refractivity contribution < 1.29 is 9.59 Å². The molecule has 14 heavy (non-hydrogen) atoms. The van der Waals surface area contributed by atoms with E-state index in [0.29, 0.717) is 11.6 Å². The van der Waals surface area contributed by atoms with Crippen LogP contribution in [-0.2, 0) is 9.59 Å². The lowest BCUT2D eigenvalue weighted by atomic mass is 9.93. The Morgan fingerprint density at radius 2 is 2.21 bits per heavy atom. The molecular formula is C10H10N2O2. The van der Waals surface area contributed by atoms with Gasteiger partial charge in [0, 0.05) is 0 Å². The van der Waals surface area contributed by atoms with Crippen LogP contribution in [0, 0.1) is 5.92 Å². The Balaban J connectivity index is 2.53. The summed E-state index contributed by atoms with van der Waals surface area (Å²) >= 11 is 0. The summed E-state index contributed by atoms with van der Waals surface area (Å²) in [7, 11) is 0. The molecule has 72 valence electrons. The Labute approximate surface area is 81.4 Å². The van der Waals surface area contributed by atoms with E-state index in [2.05, 4.69) is 9.98 Å². The van der Waals surface area contributed by atoms with Gasteiger partial charge in [0.2, 0.25) is 12.2 Å². The molecular weight excluding hydrogens is 180 g/mol. The van der Waals surface area contributed by atoms with Crippen LogP contribution in [0.4, 0.5) is 0 Å². The minimum Gasteiger partial charge on any atom is -0.211 e. The summed E-state index contributed by atoms with van der Waals surface area (Å²) < 4.78 is 0. The molecule has 2 aliphatic rings. The van der Waals surface area contributed by atoms with Crippen LogP contribution in [0.3, 0.4) is 0 Å². The van der Waals surface area contributed by atoms with E-state index in [4.69, 9.17) is 0 Å². The van der Waals surface area contributed by atoms with Crippen molar-refractivity contribution in [3.63, 3.8) is 0 Å². The molecule has 0 saturated heterocycles. The van der Waals surface area contributed by atoms with E-state index in [1.807, 2.05) is 6.92 Å². The zero-order valence-corrected chi connectivity index (χ0v) is 7.91. The van der Waals surface area contributed by atoms with Crippen LogP contribution in [0.15, 0.2) is 21.3 Å². The van der Waals surface area contributed by atoms with Gasteiger partial charge in [0.1, 0.15) is 5.54 Å². The summed E-state index contributed by atoms with van der Waals surface area (Å²) in [6, 6.07) is 0. The van der Waals surface area contributed by atoms with Gasteiger partial charge in [-0.1, -0.05) is 0 Å². The number of carbonyl (C=O) groups excluding carboxylic acids is 2. The Bertz CT molecular complexity index is 400. The molecule has 0 aliphatic heterocycles. The van der Waals surface area contributed by atoms with Gasteiger partial charge in [-0.05, 0) is 37.7 Å². The number of isocyanates is 2. The first kappa shape index (κ1) is 9.07. The van der Waals surface area contributed by atoms with E-state index in [1.54, 1.807) is 6.08 Å². The van der Waals surface area contributed by atoms with E-state index >= 15 is 0 Å². The Kier molecular flexibility index (Phi) is 1.95. The fraction of sp³-hybridized carbons (Fsp3) is 0.600. The highest BCUT2D eigenvalue weighted by molar-refractivity contribution is 5.48. The molecule has 0 spiro atoms. The lowest BCUT2D eigenvalue weighted by Gasteiger charge is -2.20. The topological polar surface area (TPSA) is 58.9 Å². The number of nitrogens with zero attached hydrogens (tertiary/aromatic N) is 2. The average Bonchev–Trinajstić information content (AvgIpc) is 2.67. The van der Waals surface area contributed by atoms with Crippen molar-refractivity contribution in [1.29, 1.82) is 0 Å². The van der Waals surface area contributed by atoms with Gasteiger partial charge in [0.15, 0.2) is 0 Å². The van der Waals surface area contributed by atoms with E-state index < -0.39 is 5.54 Å². The number of aliphatic imine (C=N–C) groups is 2. The van der Waals surface area contributed by atoms with Crippen LogP contribution in [0.25, 0.3) is 0 Å². The quantitative estimate of drug-likeness (QED) is 0.489. The van der Waals surface area contributed by atoms with Gasteiger partial charge in [-0.2, -0.15) is 9.98 Å². The minimum absolute atomic E-state index is 0.430. The number of allylic oxidation sites excluding steroid dienone is 1. The summed E-state index contributed by atoms with van der Waals surface area (Å²) in [6.45, 7) is 1.95. The second-order valence-electron chi connectivity index (χ2n) is 3.91. The van der Waals surface area contributed by atoms with Crippen molar-refractivity contribution >= 4 is 12.2 Å². The van der Waals surface area contributed by atoms with Crippen molar-refractivity contribution in [3.05, 3.63) is 11.3 Å². The van der Waals surface area contributed by atoms with Gasteiger partial charge in [0.25, 0.3) is 0 Å². The third-order valence-corrected chi connectivity index (χ3v) is 3.33. The monoisotopic (exact) mass is 190 g/mol. The highest BCUT2D eigenvalue weighted by Crippen LogP contribution is 2.53. The van der Waals surface area contributed by atoms with E-state index in [-0.39, 0.29) is 0 Å². The predicted octanol–water partition coefficient (Wildman–Crippen LogP) is 1.48. The van der Waals surface area contributed by atoms with Crippen molar-refractivity contribution in [2.45, 2.75) is 31.7 Å². The SMILES string of the molecule is CC1=C(N=C=O)C2(N=C=O)CCC1C2. The van der Waals surface area contributed by atoms with Gasteiger partial charge < -0.3 is 0 Å². The van der Waals surface area contributed by atoms with E-state index in [1.165, 1.54) is 6.08 Å². The molecule has 0 heterocycles. The van der Waals surface area contributed by atoms with Gasteiger partial charge in [0.05, 0.1) is 5.70 Å². The molecule has 2 rings (SSSR count). The second-order valence-corrected chi connectivity index (χ2v) is 3.91. The standard InChI is InChI=1S/C10H10N2O2/c1-7-8-2-3-10(4-8,12-6-14)9(7)11-5-13/h8H,2-4H2,1H3. The number of hydrogen-bond donors (Lipinski definition) is 0. The first-order valence-electron chi connectivity index (χ1n) is 4.61. The van der Waals surface area contributed by atoms with Crippen molar-refractivity contribution in [2.24, 2.45) is 15.9 Å². The third kappa shape index (κ3) is 1.02. The summed E-state index contributed by atoms with van der Waals surface area (Å²) in [4.78, 5) is 28.1. The molecule has 4 heteroatoms. The normalized spacial score (nSPS) is 33.9. The molecule has 0 amide bonds. The molecule has 1 fully saturated rings. The van der Waals surface area contributed by atoms with Crippen molar-refractivity contribution in [2.75, 3.05) is 0 Å². The van der Waals surface area contributed by atoms with E-state index in [9.17, 15) is 9.59 Å². The smallest absolute Gasteiger partial charge is 0.211 e.